The van der Waals surface area contributed by atoms with E-state index in [1.165, 1.54) is 0 Å². The molecule has 2 aromatic rings. The maximum absolute atomic E-state index is 13.0. The zero-order valence-corrected chi connectivity index (χ0v) is 18.8. The maximum Gasteiger partial charge on any atom is 0.410 e. The number of hydrogen-bond acceptors (Lipinski definition) is 3. The number of nitrogens with zero attached hydrogens (tertiary/aromatic N) is 1. The number of benzene rings is 2. The summed E-state index contributed by atoms with van der Waals surface area (Å²) in [5.74, 6) is 0. The van der Waals surface area contributed by atoms with Crippen LogP contribution in [-0.4, -0.2) is 47.0 Å². The molecular weight excluding hydrogens is 408 g/mol. The van der Waals surface area contributed by atoms with Gasteiger partial charge in [0.15, 0.2) is 0 Å². The van der Waals surface area contributed by atoms with Crippen LogP contribution in [-0.2, 0) is 15.7 Å². The third-order valence-electron chi connectivity index (χ3n) is 4.96. The summed E-state index contributed by atoms with van der Waals surface area (Å²) in [5, 5.41) is 0.704. The number of ether oxygens (including phenoxy) is 1. The first-order valence-corrected chi connectivity index (χ1v) is 11.2. The van der Waals surface area contributed by atoms with Gasteiger partial charge in [0.2, 0.25) is 11.0 Å². The van der Waals surface area contributed by atoms with E-state index < -0.39 is 16.6 Å². The maximum atomic E-state index is 13.0. The molecule has 3 rings (SSSR count). The van der Waals surface area contributed by atoms with Crippen LogP contribution < -0.4 is 4.31 Å². The SMILES string of the molecule is CN(C(=O)OC(C)(C)C)[C@@H]1CC[NH+](S(=O)c2ccc(-c3ccc(Cl)cc3)cc2)C1. The Balaban J connectivity index is 1.62. The standard InChI is InChI=1S/C22H27ClN2O3S/c1-22(2,3)28-21(26)24(4)19-13-14-25(15-19)29(27)20-11-7-17(8-12-20)16-5-9-18(23)10-6-16/h5-12,19H,13-15H2,1-4H3/p+1/t19-,29?/m1/s1. The Morgan fingerprint density at radius 3 is 2.21 bits per heavy atom. The minimum absolute atomic E-state index is 0.0251. The lowest BCUT2D eigenvalue weighted by Crippen LogP contribution is -3.10. The second kappa shape index (κ2) is 8.86. The molecule has 1 aliphatic heterocycles. The molecule has 1 fully saturated rings. The number of amides is 1. The average Bonchev–Trinajstić information content (AvgIpc) is 3.16. The van der Waals surface area contributed by atoms with Crippen LogP contribution in [0.3, 0.4) is 0 Å². The molecule has 0 aliphatic carbocycles. The van der Waals surface area contributed by atoms with Gasteiger partial charge in [-0.25, -0.2) is 9.10 Å². The Morgan fingerprint density at radius 2 is 1.66 bits per heavy atom. The number of rotatable bonds is 4. The van der Waals surface area contributed by atoms with E-state index in [9.17, 15) is 9.00 Å². The van der Waals surface area contributed by atoms with Gasteiger partial charge in [-0.3, -0.25) is 0 Å². The van der Waals surface area contributed by atoms with E-state index in [0.29, 0.717) is 11.6 Å². The van der Waals surface area contributed by atoms with E-state index in [0.717, 1.165) is 33.3 Å². The molecule has 0 spiro atoms. The topological polar surface area (TPSA) is 51.1 Å². The van der Waals surface area contributed by atoms with Crippen LogP contribution in [0.5, 0.6) is 0 Å². The van der Waals surface area contributed by atoms with E-state index in [2.05, 4.69) is 0 Å². The van der Waals surface area contributed by atoms with E-state index in [-0.39, 0.29) is 12.1 Å². The molecule has 1 N–H and O–H groups in total. The molecule has 1 aliphatic rings. The molecule has 0 bridgehead atoms. The molecule has 2 aromatic carbocycles. The van der Waals surface area contributed by atoms with Gasteiger partial charge >= 0.3 is 6.09 Å². The van der Waals surface area contributed by atoms with Crippen molar-refractivity contribution >= 4 is 28.7 Å². The zero-order valence-electron chi connectivity index (χ0n) is 17.3. The Morgan fingerprint density at radius 1 is 1.10 bits per heavy atom. The highest BCUT2D eigenvalue weighted by atomic mass is 35.5. The van der Waals surface area contributed by atoms with Gasteiger partial charge in [0, 0.05) is 18.5 Å². The van der Waals surface area contributed by atoms with Gasteiger partial charge < -0.3 is 9.64 Å². The van der Waals surface area contributed by atoms with Crippen molar-refractivity contribution in [2.45, 2.75) is 43.7 Å². The predicted octanol–water partition coefficient (Wildman–Crippen LogP) is 3.55. The van der Waals surface area contributed by atoms with Crippen LogP contribution in [0.1, 0.15) is 27.2 Å². The highest BCUT2D eigenvalue weighted by Crippen LogP contribution is 2.22. The lowest BCUT2D eigenvalue weighted by Gasteiger charge is -2.27. The zero-order chi connectivity index (χ0) is 21.2. The predicted molar refractivity (Wildman–Crippen MR) is 116 cm³/mol. The fourth-order valence-electron chi connectivity index (χ4n) is 3.36. The minimum Gasteiger partial charge on any atom is -0.444 e. The second-order valence-corrected chi connectivity index (χ2v) is 10.3. The van der Waals surface area contributed by atoms with Crippen LogP contribution in [0.25, 0.3) is 11.1 Å². The normalized spacial score (nSPS) is 20.3. The molecule has 3 atom stereocenters. The first kappa shape index (κ1) is 21.8. The summed E-state index contributed by atoms with van der Waals surface area (Å²) in [7, 11) is 0.576. The number of nitrogens with one attached hydrogen (secondary N) is 1. The summed E-state index contributed by atoms with van der Waals surface area (Å²) in [4.78, 5) is 14.7. The highest BCUT2D eigenvalue weighted by molar-refractivity contribution is 7.78. The molecule has 7 heteroatoms. The van der Waals surface area contributed by atoms with Gasteiger partial charge in [0.05, 0.1) is 17.5 Å². The van der Waals surface area contributed by atoms with Crippen LogP contribution in [0.4, 0.5) is 4.79 Å². The molecule has 1 heterocycles. The van der Waals surface area contributed by atoms with Crippen LogP contribution in [0.2, 0.25) is 5.02 Å². The summed E-state index contributed by atoms with van der Waals surface area (Å²) < 4.78 is 19.5. The second-order valence-electron chi connectivity index (χ2n) is 8.33. The van der Waals surface area contributed by atoms with Crippen molar-refractivity contribution in [3.05, 3.63) is 53.6 Å². The number of quaternary nitrogens is 1. The van der Waals surface area contributed by atoms with Crippen molar-refractivity contribution in [2.75, 3.05) is 20.1 Å². The van der Waals surface area contributed by atoms with E-state index in [1.807, 2.05) is 69.3 Å². The van der Waals surface area contributed by atoms with Crippen LogP contribution >= 0.6 is 11.6 Å². The van der Waals surface area contributed by atoms with Gasteiger partial charge in [-0.15, -0.1) is 0 Å². The van der Waals surface area contributed by atoms with Gasteiger partial charge in [-0.05, 0) is 56.2 Å². The third kappa shape index (κ3) is 5.59. The van der Waals surface area contributed by atoms with Crippen molar-refractivity contribution in [3.63, 3.8) is 0 Å². The van der Waals surface area contributed by atoms with Crippen molar-refractivity contribution in [3.8, 4) is 11.1 Å². The van der Waals surface area contributed by atoms with Crippen molar-refractivity contribution in [1.29, 1.82) is 0 Å². The van der Waals surface area contributed by atoms with E-state index in [4.69, 9.17) is 16.3 Å². The summed E-state index contributed by atoms with van der Waals surface area (Å²) in [5.41, 5.74) is 1.60. The molecule has 0 saturated carbocycles. The Kier molecular flexibility index (Phi) is 6.66. The monoisotopic (exact) mass is 435 g/mol. The molecule has 1 saturated heterocycles. The fourth-order valence-corrected chi connectivity index (χ4v) is 4.85. The van der Waals surface area contributed by atoms with Gasteiger partial charge in [0.25, 0.3) is 0 Å². The Hall–Kier alpha value is -1.89. The largest absolute Gasteiger partial charge is 0.444 e. The minimum atomic E-state index is -1.18. The molecule has 1 amide bonds. The van der Waals surface area contributed by atoms with Crippen molar-refractivity contribution in [1.82, 2.24) is 4.90 Å². The smallest absolute Gasteiger partial charge is 0.410 e. The van der Waals surface area contributed by atoms with E-state index in [1.54, 1.807) is 11.9 Å². The number of carbonyl (C=O) groups is 1. The fraction of sp³-hybridized carbons (Fsp3) is 0.409. The quantitative estimate of drug-likeness (QED) is 0.798. The molecule has 0 radical (unpaired) electrons. The van der Waals surface area contributed by atoms with Crippen molar-refractivity contribution in [2.24, 2.45) is 0 Å². The molecule has 29 heavy (non-hydrogen) atoms. The molecular formula is C22H28ClN2O3S+. The molecule has 5 nitrogen and oxygen atoms in total. The van der Waals surface area contributed by atoms with Crippen LogP contribution in [0, 0.1) is 0 Å². The molecule has 0 aromatic heterocycles. The summed E-state index contributed by atoms with van der Waals surface area (Å²) in [6, 6.07) is 15.5. The van der Waals surface area contributed by atoms with E-state index >= 15 is 0 Å². The van der Waals surface area contributed by atoms with Crippen molar-refractivity contribution < 1.29 is 18.0 Å². The first-order valence-electron chi connectivity index (χ1n) is 9.72. The highest BCUT2D eigenvalue weighted by Gasteiger charge is 2.36. The third-order valence-corrected chi connectivity index (χ3v) is 6.80. The molecule has 156 valence electrons. The average molecular weight is 436 g/mol. The molecule has 2 unspecified atom stereocenters. The van der Waals surface area contributed by atoms with Crippen LogP contribution in [0.15, 0.2) is 53.4 Å². The number of likely N-dealkylation sites (N-methyl/N-ethyl adjacent to an activating group) is 1. The Labute approximate surface area is 180 Å². The number of hydrogen-bond donors (Lipinski definition) is 1. The van der Waals surface area contributed by atoms with Gasteiger partial charge in [-0.2, -0.15) is 4.21 Å². The number of halogens is 1. The lowest BCUT2D eigenvalue weighted by atomic mass is 10.1. The first-order chi connectivity index (χ1) is 13.6. The Bertz CT molecular complexity index is 878. The lowest BCUT2D eigenvalue weighted by molar-refractivity contribution is -0.747. The summed E-state index contributed by atoms with van der Waals surface area (Å²) >= 11 is 5.95. The van der Waals surface area contributed by atoms with Gasteiger partial charge in [-0.1, -0.05) is 35.9 Å². The van der Waals surface area contributed by atoms with Gasteiger partial charge in [0.1, 0.15) is 12.1 Å². The summed E-state index contributed by atoms with van der Waals surface area (Å²) in [6.07, 6.45) is 0.474. The summed E-state index contributed by atoms with van der Waals surface area (Å²) in [6.45, 7) is 6.96. The number of carbonyl (C=O) groups excluding carboxylic acids is 1.